The van der Waals surface area contributed by atoms with Gasteiger partial charge in [-0.05, 0) is 22.4 Å². The van der Waals surface area contributed by atoms with Gasteiger partial charge in [0.05, 0.1) is 6.42 Å². The molecule has 2 nitrogen and oxygen atoms in total. The number of rotatable bonds is 2. The van der Waals surface area contributed by atoms with Crippen LogP contribution in [0.15, 0.2) is 55.1 Å². The van der Waals surface area contributed by atoms with Crippen LogP contribution in [0, 0.1) is 11.8 Å². The van der Waals surface area contributed by atoms with Crippen LogP contribution >= 0.6 is 0 Å². The van der Waals surface area contributed by atoms with Crippen LogP contribution in [0.5, 0.6) is 0 Å². The standard InChI is InChI=1S/C17H14O2/c1-2-14-15-10-16(18)19-17(14,15)13-8-7-11-5-3-4-6-12(11)9-13/h2-9,14-15H,1,10H2/t14-,15-,17+/m0/s1. The average molecular weight is 250 g/mol. The summed E-state index contributed by atoms with van der Waals surface area (Å²) in [6, 6.07) is 14.6. The fourth-order valence-electron chi connectivity index (χ4n) is 3.53. The van der Waals surface area contributed by atoms with Crippen molar-refractivity contribution in [2.75, 3.05) is 0 Å². The maximum absolute atomic E-state index is 11.5. The van der Waals surface area contributed by atoms with Gasteiger partial charge in [-0.3, -0.25) is 4.79 Å². The van der Waals surface area contributed by atoms with Crippen molar-refractivity contribution in [3.8, 4) is 0 Å². The minimum Gasteiger partial charge on any atom is -0.453 e. The quantitative estimate of drug-likeness (QED) is 0.603. The molecule has 1 saturated carbocycles. The molecule has 2 aliphatic rings. The third kappa shape index (κ3) is 1.29. The van der Waals surface area contributed by atoms with E-state index < -0.39 is 5.60 Å². The maximum Gasteiger partial charge on any atom is 0.307 e. The second-order valence-electron chi connectivity index (χ2n) is 5.40. The Hall–Kier alpha value is -2.09. The Bertz CT molecular complexity index is 703. The number of carbonyl (C=O) groups excluding carboxylic acids is 1. The highest BCUT2D eigenvalue weighted by atomic mass is 16.6. The summed E-state index contributed by atoms with van der Waals surface area (Å²) in [6.07, 6.45) is 2.44. The summed E-state index contributed by atoms with van der Waals surface area (Å²) in [7, 11) is 0. The van der Waals surface area contributed by atoms with E-state index >= 15 is 0 Å². The molecule has 0 spiro atoms. The van der Waals surface area contributed by atoms with Crippen molar-refractivity contribution >= 4 is 16.7 Å². The number of hydrogen-bond acceptors (Lipinski definition) is 2. The first kappa shape index (κ1) is 10.8. The van der Waals surface area contributed by atoms with Gasteiger partial charge in [0, 0.05) is 11.8 Å². The Morgan fingerprint density at radius 3 is 2.79 bits per heavy atom. The number of hydrogen-bond donors (Lipinski definition) is 0. The average Bonchev–Trinajstić information content (AvgIpc) is 2.89. The van der Waals surface area contributed by atoms with Crippen LogP contribution in [-0.2, 0) is 15.1 Å². The van der Waals surface area contributed by atoms with E-state index in [1.165, 1.54) is 10.8 Å². The third-order valence-electron chi connectivity index (χ3n) is 4.49. The summed E-state index contributed by atoms with van der Waals surface area (Å²) in [6.45, 7) is 3.87. The number of ether oxygens (including phenoxy) is 1. The predicted octanol–water partition coefficient (Wildman–Crippen LogP) is 3.41. The predicted molar refractivity (Wildman–Crippen MR) is 73.5 cm³/mol. The van der Waals surface area contributed by atoms with Gasteiger partial charge in [-0.1, -0.05) is 42.5 Å². The van der Waals surface area contributed by atoms with E-state index in [-0.39, 0.29) is 17.8 Å². The maximum atomic E-state index is 11.5. The van der Waals surface area contributed by atoms with Crippen molar-refractivity contribution in [1.82, 2.24) is 0 Å². The number of esters is 1. The number of benzene rings is 2. The first-order chi connectivity index (χ1) is 9.25. The Labute approximate surface area is 111 Å². The molecule has 1 aliphatic carbocycles. The lowest BCUT2D eigenvalue weighted by Gasteiger charge is -2.16. The molecule has 1 aliphatic heterocycles. The Kier molecular flexibility index (Phi) is 1.97. The summed E-state index contributed by atoms with van der Waals surface area (Å²) in [5, 5.41) is 2.39. The minimum atomic E-state index is -0.428. The van der Waals surface area contributed by atoms with Crippen molar-refractivity contribution < 1.29 is 9.53 Å². The van der Waals surface area contributed by atoms with E-state index in [0.29, 0.717) is 6.42 Å². The summed E-state index contributed by atoms with van der Waals surface area (Å²) in [5.41, 5.74) is 0.676. The molecule has 0 amide bonds. The lowest BCUT2D eigenvalue weighted by atomic mass is 10.00. The molecule has 19 heavy (non-hydrogen) atoms. The van der Waals surface area contributed by atoms with Gasteiger partial charge >= 0.3 is 5.97 Å². The van der Waals surface area contributed by atoms with Crippen LogP contribution in [0.2, 0.25) is 0 Å². The monoisotopic (exact) mass is 250 g/mol. The summed E-state index contributed by atoms with van der Waals surface area (Å²) >= 11 is 0. The molecule has 4 rings (SSSR count). The highest BCUT2D eigenvalue weighted by Gasteiger charge is 2.71. The highest BCUT2D eigenvalue weighted by molar-refractivity contribution is 5.84. The molecule has 94 valence electrons. The first-order valence-corrected chi connectivity index (χ1v) is 6.59. The number of carbonyl (C=O) groups is 1. The lowest BCUT2D eigenvalue weighted by Crippen LogP contribution is -2.15. The molecule has 2 fully saturated rings. The van der Waals surface area contributed by atoms with Crippen molar-refractivity contribution in [3.63, 3.8) is 0 Å². The molecule has 0 radical (unpaired) electrons. The fourth-order valence-corrected chi connectivity index (χ4v) is 3.53. The zero-order chi connectivity index (χ0) is 13.0. The lowest BCUT2D eigenvalue weighted by molar-refractivity contribution is -0.146. The zero-order valence-corrected chi connectivity index (χ0v) is 10.5. The van der Waals surface area contributed by atoms with E-state index in [9.17, 15) is 4.79 Å². The SMILES string of the molecule is C=C[C@H]1[C@@H]2CC(=O)O[C@]12c1ccc2ccccc2c1. The van der Waals surface area contributed by atoms with E-state index in [1.807, 2.05) is 18.2 Å². The molecule has 3 atom stereocenters. The van der Waals surface area contributed by atoms with Gasteiger partial charge < -0.3 is 4.74 Å². The van der Waals surface area contributed by atoms with E-state index in [2.05, 4.69) is 36.9 Å². The van der Waals surface area contributed by atoms with Gasteiger partial charge in [0.2, 0.25) is 0 Å². The first-order valence-electron chi connectivity index (χ1n) is 6.59. The van der Waals surface area contributed by atoms with Crippen LogP contribution in [0.25, 0.3) is 10.8 Å². The van der Waals surface area contributed by atoms with Gasteiger partial charge in [0.25, 0.3) is 0 Å². The van der Waals surface area contributed by atoms with Gasteiger partial charge in [-0.25, -0.2) is 0 Å². The largest absolute Gasteiger partial charge is 0.453 e. The Balaban J connectivity index is 1.86. The van der Waals surface area contributed by atoms with Crippen LogP contribution < -0.4 is 0 Å². The van der Waals surface area contributed by atoms with Crippen LogP contribution in [-0.4, -0.2) is 5.97 Å². The molecule has 0 unspecified atom stereocenters. The van der Waals surface area contributed by atoms with E-state index in [4.69, 9.17) is 4.74 Å². The second-order valence-corrected chi connectivity index (χ2v) is 5.40. The molecule has 1 heterocycles. The van der Waals surface area contributed by atoms with Crippen LogP contribution in [0.4, 0.5) is 0 Å². The van der Waals surface area contributed by atoms with Crippen molar-refractivity contribution in [1.29, 1.82) is 0 Å². The minimum absolute atomic E-state index is 0.0868. The van der Waals surface area contributed by atoms with Gasteiger partial charge in [-0.2, -0.15) is 0 Å². The molecule has 0 N–H and O–H groups in total. The molecule has 0 bridgehead atoms. The van der Waals surface area contributed by atoms with Crippen molar-refractivity contribution in [2.24, 2.45) is 11.8 Å². The molecule has 2 aromatic rings. The highest BCUT2D eigenvalue weighted by Crippen LogP contribution is 2.66. The second kappa shape index (κ2) is 3.47. The summed E-state index contributed by atoms with van der Waals surface area (Å²) in [5.74, 6) is 0.460. The topological polar surface area (TPSA) is 26.3 Å². The zero-order valence-electron chi connectivity index (χ0n) is 10.5. The molecular weight excluding hydrogens is 236 g/mol. The Morgan fingerprint density at radius 2 is 2.00 bits per heavy atom. The summed E-state index contributed by atoms with van der Waals surface area (Å²) in [4.78, 5) is 11.5. The molecule has 0 aromatic heterocycles. The van der Waals surface area contributed by atoms with Gasteiger partial charge in [0.1, 0.15) is 5.60 Å². The van der Waals surface area contributed by atoms with Crippen LogP contribution in [0.3, 0.4) is 0 Å². The molecule has 1 saturated heterocycles. The molecule has 2 aromatic carbocycles. The summed E-state index contributed by atoms with van der Waals surface area (Å²) < 4.78 is 5.65. The van der Waals surface area contributed by atoms with E-state index in [0.717, 1.165) is 5.56 Å². The van der Waals surface area contributed by atoms with Gasteiger partial charge in [-0.15, -0.1) is 6.58 Å². The fraction of sp³-hybridized carbons (Fsp3) is 0.235. The smallest absolute Gasteiger partial charge is 0.307 e. The third-order valence-corrected chi connectivity index (χ3v) is 4.49. The van der Waals surface area contributed by atoms with Crippen LogP contribution in [0.1, 0.15) is 12.0 Å². The van der Waals surface area contributed by atoms with Crippen molar-refractivity contribution in [3.05, 3.63) is 60.7 Å². The van der Waals surface area contributed by atoms with E-state index in [1.54, 1.807) is 0 Å². The Morgan fingerprint density at radius 1 is 1.21 bits per heavy atom. The van der Waals surface area contributed by atoms with Gasteiger partial charge in [0.15, 0.2) is 0 Å². The van der Waals surface area contributed by atoms with Crippen molar-refractivity contribution in [2.45, 2.75) is 12.0 Å². The molecular formula is C17H14O2. The molecule has 2 heteroatoms. The number of fused-ring (bicyclic) bond motifs is 2. The normalized spacial score (nSPS) is 31.9.